The van der Waals surface area contributed by atoms with Gasteiger partial charge in [-0.3, -0.25) is 4.79 Å². The van der Waals surface area contributed by atoms with Crippen LogP contribution in [-0.4, -0.2) is 28.1 Å². The van der Waals surface area contributed by atoms with E-state index in [9.17, 15) is 4.79 Å². The average molecular weight is 383 g/mol. The summed E-state index contributed by atoms with van der Waals surface area (Å²) in [5, 5.41) is 12.8. The molecule has 130 valence electrons. The van der Waals surface area contributed by atoms with E-state index < -0.39 is 0 Å². The summed E-state index contributed by atoms with van der Waals surface area (Å²) >= 11 is 7.53. The molecular weight excluding hydrogens is 368 g/mol. The second kappa shape index (κ2) is 6.90. The Morgan fingerprint density at radius 2 is 2.04 bits per heavy atom. The van der Waals surface area contributed by atoms with Crippen LogP contribution in [0.3, 0.4) is 0 Å². The highest BCUT2D eigenvalue weighted by Crippen LogP contribution is 2.36. The first-order valence-electron chi connectivity index (χ1n) is 8.04. The van der Waals surface area contributed by atoms with Crippen LogP contribution < -0.4 is 5.32 Å². The van der Waals surface area contributed by atoms with Crippen molar-refractivity contribution in [2.75, 3.05) is 7.05 Å². The molecule has 0 saturated carbocycles. The van der Waals surface area contributed by atoms with E-state index in [1.807, 2.05) is 42.7 Å². The molecule has 0 bridgehead atoms. The number of thiophene rings is 1. The summed E-state index contributed by atoms with van der Waals surface area (Å²) in [4.78, 5) is 16.3. The van der Waals surface area contributed by atoms with E-state index in [1.54, 1.807) is 7.05 Å². The molecule has 26 heavy (non-hydrogen) atoms. The lowest BCUT2D eigenvalue weighted by Crippen LogP contribution is -2.20. The Bertz CT molecular complexity index is 1070. The topological polar surface area (TPSA) is 70.7 Å². The number of hydrogen-bond acceptors (Lipinski definition) is 4. The molecule has 0 atom stereocenters. The molecule has 4 rings (SSSR count). The van der Waals surface area contributed by atoms with Crippen molar-refractivity contribution in [2.45, 2.75) is 6.42 Å². The van der Waals surface area contributed by atoms with Gasteiger partial charge in [0.05, 0.1) is 10.4 Å². The van der Waals surface area contributed by atoms with Gasteiger partial charge in [-0.05, 0) is 35.4 Å². The normalized spacial score (nSPS) is 11.0. The zero-order chi connectivity index (χ0) is 18.1. The number of nitrogens with zero attached hydrogens (tertiary/aromatic N) is 2. The summed E-state index contributed by atoms with van der Waals surface area (Å²) in [5.41, 5.74) is 3.37. The van der Waals surface area contributed by atoms with Gasteiger partial charge in [-0.1, -0.05) is 23.7 Å². The van der Waals surface area contributed by atoms with Crippen LogP contribution in [0.5, 0.6) is 0 Å². The maximum atomic E-state index is 12.2. The molecule has 0 unspecified atom stereocenters. The number of H-pyrrole nitrogens is 1. The molecule has 0 spiro atoms. The standard InChI is InChI=1S/C19H15ClN4OS/c1-21-19(25)17-18-14(15(23-24-17)8-11-6-7-22-10-11)9-16(26-18)12-2-4-13(20)5-3-12/h2-7,9-10,22H,8H2,1H3,(H,21,25). The van der Waals surface area contributed by atoms with Gasteiger partial charge in [0.2, 0.25) is 0 Å². The van der Waals surface area contributed by atoms with E-state index in [0.717, 1.165) is 31.8 Å². The second-order valence-corrected chi connectivity index (χ2v) is 7.32. The minimum absolute atomic E-state index is 0.236. The average Bonchev–Trinajstić information content (AvgIpc) is 3.32. The number of benzene rings is 1. The first kappa shape index (κ1) is 16.8. The van der Waals surface area contributed by atoms with E-state index in [1.165, 1.54) is 11.3 Å². The molecule has 0 radical (unpaired) electrons. The zero-order valence-corrected chi connectivity index (χ0v) is 15.5. The fourth-order valence-electron chi connectivity index (χ4n) is 2.81. The number of carbonyl (C=O) groups excluding carboxylic acids is 1. The third-order valence-corrected chi connectivity index (χ3v) is 5.58. The molecule has 0 aliphatic rings. The molecule has 7 heteroatoms. The molecule has 1 aromatic carbocycles. The summed E-state index contributed by atoms with van der Waals surface area (Å²) in [6.07, 6.45) is 4.47. The van der Waals surface area contributed by atoms with E-state index in [2.05, 4.69) is 26.6 Å². The van der Waals surface area contributed by atoms with Gasteiger partial charge in [-0.15, -0.1) is 16.4 Å². The lowest BCUT2D eigenvalue weighted by molar-refractivity contribution is 0.0959. The Morgan fingerprint density at radius 1 is 1.23 bits per heavy atom. The van der Waals surface area contributed by atoms with Crippen LogP contribution in [0.1, 0.15) is 21.7 Å². The smallest absolute Gasteiger partial charge is 0.273 e. The van der Waals surface area contributed by atoms with E-state index >= 15 is 0 Å². The van der Waals surface area contributed by atoms with Crippen molar-refractivity contribution in [1.82, 2.24) is 20.5 Å². The van der Waals surface area contributed by atoms with Crippen LogP contribution in [0.15, 0.2) is 48.8 Å². The monoisotopic (exact) mass is 382 g/mol. The highest BCUT2D eigenvalue weighted by Gasteiger charge is 2.18. The Hall–Kier alpha value is -2.70. The van der Waals surface area contributed by atoms with Crippen molar-refractivity contribution in [1.29, 1.82) is 0 Å². The van der Waals surface area contributed by atoms with Gasteiger partial charge < -0.3 is 10.3 Å². The van der Waals surface area contributed by atoms with Crippen LogP contribution in [0.4, 0.5) is 0 Å². The summed E-state index contributed by atoms with van der Waals surface area (Å²) in [7, 11) is 1.59. The Kier molecular flexibility index (Phi) is 4.44. The second-order valence-electron chi connectivity index (χ2n) is 5.83. The molecule has 3 aromatic heterocycles. The highest BCUT2D eigenvalue weighted by molar-refractivity contribution is 7.22. The van der Waals surface area contributed by atoms with Gasteiger partial charge in [0.1, 0.15) is 0 Å². The molecule has 4 aromatic rings. The van der Waals surface area contributed by atoms with Crippen molar-refractivity contribution >= 4 is 38.9 Å². The van der Waals surface area contributed by atoms with Crippen molar-refractivity contribution in [3.8, 4) is 10.4 Å². The SMILES string of the molecule is CNC(=O)c1nnc(Cc2cc[nH]c2)c2cc(-c3ccc(Cl)cc3)sc12. The molecule has 0 aliphatic heterocycles. The first-order valence-corrected chi connectivity index (χ1v) is 9.24. The van der Waals surface area contributed by atoms with Crippen molar-refractivity contribution < 1.29 is 4.79 Å². The molecule has 0 fully saturated rings. The van der Waals surface area contributed by atoms with Gasteiger partial charge in [0.15, 0.2) is 5.69 Å². The minimum atomic E-state index is -0.236. The minimum Gasteiger partial charge on any atom is -0.367 e. The van der Waals surface area contributed by atoms with Crippen LogP contribution in [0.2, 0.25) is 5.02 Å². The van der Waals surface area contributed by atoms with E-state index in [4.69, 9.17) is 11.6 Å². The molecule has 3 heterocycles. The highest BCUT2D eigenvalue weighted by atomic mass is 35.5. The Labute approximate surface area is 159 Å². The van der Waals surface area contributed by atoms with Gasteiger partial charge in [0, 0.05) is 41.1 Å². The number of amides is 1. The molecular formula is C19H15ClN4OS. The third-order valence-electron chi connectivity index (χ3n) is 4.13. The fraction of sp³-hybridized carbons (Fsp3) is 0.105. The van der Waals surface area contributed by atoms with Gasteiger partial charge >= 0.3 is 0 Å². The molecule has 1 amide bonds. The van der Waals surface area contributed by atoms with Crippen LogP contribution in [0, 0.1) is 0 Å². The van der Waals surface area contributed by atoms with Gasteiger partial charge in [-0.25, -0.2) is 0 Å². The number of aromatic amines is 1. The molecule has 5 nitrogen and oxygen atoms in total. The molecule has 2 N–H and O–H groups in total. The quantitative estimate of drug-likeness (QED) is 0.553. The van der Waals surface area contributed by atoms with Crippen molar-refractivity contribution in [2.24, 2.45) is 0 Å². The third kappa shape index (κ3) is 3.09. The Morgan fingerprint density at radius 3 is 2.73 bits per heavy atom. The lowest BCUT2D eigenvalue weighted by atomic mass is 10.1. The van der Waals surface area contributed by atoms with E-state index in [0.29, 0.717) is 17.1 Å². The number of rotatable bonds is 4. The van der Waals surface area contributed by atoms with Gasteiger partial charge in [-0.2, -0.15) is 5.10 Å². The maximum Gasteiger partial charge on any atom is 0.273 e. The number of aromatic nitrogens is 3. The van der Waals surface area contributed by atoms with Crippen LogP contribution in [0.25, 0.3) is 20.5 Å². The van der Waals surface area contributed by atoms with Crippen LogP contribution >= 0.6 is 22.9 Å². The predicted molar refractivity (Wildman–Crippen MR) is 105 cm³/mol. The van der Waals surface area contributed by atoms with Crippen molar-refractivity contribution in [3.63, 3.8) is 0 Å². The summed E-state index contributed by atoms with van der Waals surface area (Å²) < 4.78 is 0.842. The van der Waals surface area contributed by atoms with Crippen molar-refractivity contribution in [3.05, 3.63) is 70.8 Å². The summed E-state index contributed by atoms with van der Waals surface area (Å²) in [6.45, 7) is 0. The number of nitrogens with one attached hydrogen (secondary N) is 2. The maximum absolute atomic E-state index is 12.2. The summed E-state index contributed by atoms with van der Waals surface area (Å²) in [5.74, 6) is -0.236. The lowest BCUT2D eigenvalue weighted by Gasteiger charge is -2.04. The fourth-order valence-corrected chi connectivity index (χ4v) is 4.10. The number of carbonyl (C=O) groups is 1. The Balaban J connectivity index is 1.88. The zero-order valence-electron chi connectivity index (χ0n) is 13.9. The predicted octanol–water partition coefficient (Wildman–Crippen LogP) is 4.29. The number of hydrogen-bond donors (Lipinski definition) is 2. The largest absolute Gasteiger partial charge is 0.367 e. The number of halogens is 1. The number of fused-ring (bicyclic) bond motifs is 1. The molecule has 0 saturated heterocycles. The van der Waals surface area contributed by atoms with Gasteiger partial charge in [0.25, 0.3) is 5.91 Å². The van der Waals surface area contributed by atoms with E-state index in [-0.39, 0.29) is 5.91 Å². The van der Waals surface area contributed by atoms with Crippen LogP contribution in [-0.2, 0) is 6.42 Å². The first-order chi connectivity index (χ1) is 12.7. The summed E-state index contributed by atoms with van der Waals surface area (Å²) in [6, 6.07) is 11.7. The molecule has 0 aliphatic carbocycles.